The molecular formula is C11H18ClNO3. The second kappa shape index (κ2) is 7.06. The minimum atomic E-state index is 0. The molecule has 92 valence electrons. The number of hydrogen-bond acceptors (Lipinski definition) is 4. The van der Waals surface area contributed by atoms with E-state index in [0.29, 0.717) is 17.2 Å². The highest BCUT2D eigenvalue weighted by Gasteiger charge is 2.12. The van der Waals surface area contributed by atoms with Gasteiger partial charge in [-0.1, -0.05) is 0 Å². The smallest absolute Gasteiger partial charge is 0.203 e. The van der Waals surface area contributed by atoms with Crippen molar-refractivity contribution < 1.29 is 14.2 Å². The molecule has 0 aliphatic heterocycles. The molecule has 0 unspecified atom stereocenters. The average molecular weight is 248 g/mol. The van der Waals surface area contributed by atoms with Crippen molar-refractivity contribution in [3.63, 3.8) is 0 Å². The van der Waals surface area contributed by atoms with Crippen LogP contribution in [0.25, 0.3) is 0 Å². The Labute approximate surface area is 102 Å². The first kappa shape index (κ1) is 14.7. The highest BCUT2D eigenvalue weighted by molar-refractivity contribution is 5.85. The van der Waals surface area contributed by atoms with Crippen molar-refractivity contribution in [3.8, 4) is 17.2 Å². The third kappa shape index (κ3) is 3.10. The molecule has 0 spiro atoms. The molecule has 16 heavy (non-hydrogen) atoms. The topological polar surface area (TPSA) is 39.7 Å². The fraction of sp³-hybridized carbons (Fsp3) is 0.455. The molecule has 0 fully saturated rings. The van der Waals surface area contributed by atoms with Gasteiger partial charge in [0.1, 0.15) is 0 Å². The predicted molar refractivity (Wildman–Crippen MR) is 67.5 cm³/mol. The molecule has 0 saturated heterocycles. The van der Waals surface area contributed by atoms with Gasteiger partial charge in [-0.2, -0.15) is 0 Å². The maximum absolute atomic E-state index is 5.22. The minimum Gasteiger partial charge on any atom is -0.493 e. The zero-order valence-electron chi connectivity index (χ0n) is 9.99. The predicted octanol–water partition coefficient (Wildman–Crippen LogP) is 2.57. The van der Waals surface area contributed by atoms with Gasteiger partial charge in [-0.25, -0.2) is 0 Å². The Morgan fingerprint density at radius 2 is 1.50 bits per heavy atom. The van der Waals surface area contributed by atoms with E-state index in [-0.39, 0.29) is 12.4 Å². The molecule has 0 saturated carbocycles. The SMILES string of the molecule is CCNc1cc(OC)c(OC)c(OC)c1.Cl. The van der Waals surface area contributed by atoms with E-state index in [1.807, 2.05) is 19.1 Å². The first-order valence-electron chi connectivity index (χ1n) is 4.80. The Morgan fingerprint density at radius 1 is 1.00 bits per heavy atom. The zero-order valence-corrected chi connectivity index (χ0v) is 10.8. The summed E-state index contributed by atoms with van der Waals surface area (Å²) in [7, 11) is 4.80. The third-order valence-electron chi connectivity index (χ3n) is 2.05. The fourth-order valence-electron chi connectivity index (χ4n) is 1.39. The molecule has 0 amide bonds. The molecule has 0 atom stereocenters. The van der Waals surface area contributed by atoms with Crippen LogP contribution in [0.2, 0.25) is 0 Å². The van der Waals surface area contributed by atoms with Crippen molar-refractivity contribution >= 4 is 18.1 Å². The maximum atomic E-state index is 5.22. The van der Waals surface area contributed by atoms with Crippen LogP contribution in [0.5, 0.6) is 17.2 Å². The monoisotopic (exact) mass is 247 g/mol. The molecule has 1 aromatic rings. The van der Waals surface area contributed by atoms with E-state index in [0.717, 1.165) is 12.2 Å². The van der Waals surface area contributed by atoms with Crippen LogP contribution in [0.3, 0.4) is 0 Å². The van der Waals surface area contributed by atoms with Crippen LogP contribution in [-0.4, -0.2) is 27.9 Å². The molecule has 5 heteroatoms. The number of hydrogen-bond donors (Lipinski definition) is 1. The van der Waals surface area contributed by atoms with Crippen molar-refractivity contribution in [2.45, 2.75) is 6.92 Å². The molecule has 0 bridgehead atoms. The largest absolute Gasteiger partial charge is 0.493 e. The lowest BCUT2D eigenvalue weighted by atomic mass is 10.2. The molecule has 0 radical (unpaired) electrons. The summed E-state index contributed by atoms with van der Waals surface area (Å²) in [6.07, 6.45) is 0. The molecule has 1 N–H and O–H groups in total. The number of rotatable bonds is 5. The average Bonchev–Trinajstić information content (AvgIpc) is 2.28. The minimum absolute atomic E-state index is 0. The molecule has 1 rings (SSSR count). The standard InChI is InChI=1S/C11H17NO3.ClH/c1-5-12-8-6-9(13-2)11(15-4)10(7-8)14-3;/h6-7,12H,5H2,1-4H3;1H. The van der Waals surface area contributed by atoms with E-state index in [9.17, 15) is 0 Å². The molecular weight excluding hydrogens is 230 g/mol. The van der Waals surface area contributed by atoms with E-state index in [2.05, 4.69) is 5.32 Å². The number of anilines is 1. The Balaban J connectivity index is 0.00000225. The lowest BCUT2D eigenvalue weighted by molar-refractivity contribution is 0.324. The molecule has 0 aliphatic carbocycles. The number of benzene rings is 1. The van der Waals surface area contributed by atoms with Crippen LogP contribution in [-0.2, 0) is 0 Å². The maximum Gasteiger partial charge on any atom is 0.203 e. The van der Waals surface area contributed by atoms with Crippen molar-refractivity contribution in [2.75, 3.05) is 33.2 Å². The van der Waals surface area contributed by atoms with E-state index >= 15 is 0 Å². The van der Waals surface area contributed by atoms with Gasteiger partial charge in [0.15, 0.2) is 11.5 Å². The molecule has 1 aromatic carbocycles. The fourth-order valence-corrected chi connectivity index (χ4v) is 1.39. The third-order valence-corrected chi connectivity index (χ3v) is 2.05. The number of nitrogens with one attached hydrogen (secondary N) is 1. The molecule has 0 aromatic heterocycles. The van der Waals surface area contributed by atoms with Gasteiger partial charge < -0.3 is 19.5 Å². The van der Waals surface area contributed by atoms with Gasteiger partial charge in [0.2, 0.25) is 5.75 Å². The van der Waals surface area contributed by atoms with Crippen LogP contribution in [0.4, 0.5) is 5.69 Å². The van der Waals surface area contributed by atoms with Crippen LogP contribution in [0.1, 0.15) is 6.92 Å². The van der Waals surface area contributed by atoms with E-state index < -0.39 is 0 Å². The Kier molecular flexibility index (Phi) is 6.49. The quantitative estimate of drug-likeness (QED) is 0.868. The van der Waals surface area contributed by atoms with Crippen molar-refractivity contribution in [1.82, 2.24) is 0 Å². The Morgan fingerprint density at radius 3 is 1.81 bits per heavy atom. The lowest BCUT2D eigenvalue weighted by Gasteiger charge is -2.14. The van der Waals surface area contributed by atoms with Gasteiger partial charge in [-0.15, -0.1) is 12.4 Å². The number of methoxy groups -OCH3 is 3. The summed E-state index contributed by atoms with van der Waals surface area (Å²) < 4.78 is 15.7. The highest BCUT2D eigenvalue weighted by atomic mass is 35.5. The van der Waals surface area contributed by atoms with E-state index in [1.54, 1.807) is 21.3 Å². The Hall–Kier alpha value is -1.29. The Bertz CT molecular complexity index is 306. The summed E-state index contributed by atoms with van der Waals surface area (Å²) >= 11 is 0. The summed E-state index contributed by atoms with van der Waals surface area (Å²) in [4.78, 5) is 0. The summed E-state index contributed by atoms with van der Waals surface area (Å²) in [6.45, 7) is 2.88. The van der Waals surface area contributed by atoms with E-state index in [1.165, 1.54) is 0 Å². The first-order valence-corrected chi connectivity index (χ1v) is 4.80. The molecule has 4 nitrogen and oxygen atoms in total. The summed E-state index contributed by atoms with van der Waals surface area (Å²) in [6, 6.07) is 3.76. The van der Waals surface area contributed by atoms with Gasteiger partial charge >= 0.3 is 0 Å². The second-order valence-corrected chi connectivity index (χ2v) is 2.94. The van der Waals surface area contributed by atoms with Crippen molar-refractivity contribution in [1.29, 1.82) is 0 Å². The van der Waals surface area contributed by atoms with Crippen molar-refractivity contribution in [3.05, 3.63) is 12.1 Å². The normalized spacial score (nSPS) is 9.00. The van der Waals surface area contributed by atoms with Crippen LogP contribution in [0, 0.1) is 0 Å². The van der Waals surface area contributed by atoms with Crippen LogP contribution >= 0.6 is 12.4 Å². The number of halogens is 1. The highest BCUT2D eigenvalue weighted by Crippen LogP contribution is 2.39. The van der Waals surface area contributed by atoms with Gasteiger partial charge in [0.05, 0.1) is 21.3 Å². The molecule has 0 heterocycles. The summed E-state index contributed by atoms with van der Waals surface area (Å²) in [5, 5.41) is 3.19. The number of ether oxygens (including phenoxy) is 3. The van der Waals surface area contributed by atoms with E-state index in [4.69, 9.17) is 14.2 Å². The lowest BCUT2D eigenvalue weighted by Crippen LogP contribution is -2.00. The van der Waals surface area contributed by atoms with Crippen LogP contribution in [0.15, 0.2) is 12.1 Å². The van der Waals surface area contributed by atoms with Gasteiger partial charge in [-0.3, -0.25) is 0 Å². The first-order chi connectivity index (χ1) is 7.26. The summed E-state index contributed by atoms with van der Waals surface area (Å²) in [5.41, 5.74) is 0.951. The van der Waals surface area contributed by atoms with Gasteiger partial charge in [-0.05, 0) is 6.92 Å². The van der Waals surface area contributed by atoms with Crippen LogP contribution < -0.4 is 19.5 Å². The molecule has 0 aliphatic rings. The zero-order chi connectivity index (χ0) is 11.3. The van der Waals surface area contributed by atoms with Crippen molar-refractivity contribution in [2.24, 2.45) is 0 Å². The second-order valence-electron chi connectivity index (χ2n) is 2.94. The van der Waals surface area contributed by atoms with Gasteiger partial charge in [0, 0.05) is 24.4 Å². The van der Waals surface area contributed by atoms with Gasteiger partial charge in [0.25, 0.3) is 0 Å². The summed E-state index contributed by atoms with van der Waals surface area (Å²) in [5.74, 6) is 1.93.